The molecular formula is C8H7BrNO. The van der Waals surface area contributed by atoms with Crippen LogP contribution >= 0.6 is 15.9 Å². The molecular weight excluding hydrogens is 206 g/mol. The van der Waals surface area contributed by atoms with E-state index in [2.05, 4.69) is 15.9 Å². The second-order valence-electron chi connectivity index (χ2n) is 2.15. The number of hydrogen-bond acceptors (Lipinski definition) is 2. The maximum absolute atomic E-state index is 10.1. The van der Waals surface area contributed by atoms with Gasteiger partial charge in [-0.15, -0.1) is 0 Å². The van der Waals surface area contributed by atoms with Crippen LogP contribution in [0.1, 0.15) is 11.6 Å². The van der Waals surface area contributed by atoms with Gasteiger partial charge in [0.15, 0.2) is 0 Å². The molecule has 0 heterocycles. The zero-order chi connectivity index (χ0) is 8.27. The Morgan fingerprint density at radius 3 is 2.36 bits per heavy atom. The van der Waals surface area contributed by atoms with Crippen molar-refractivity contribution in [1.29, 1.82) is 0 Å². The first-order valence-electron chi connectivity index (χ1n) is 3.13. The molecule has 1 radical (unpaired) electrons. The van der Waals surface area contributed by atoms with E-state index in [1.807, 2.05) is 12.1 Å². The highest BCUT2D eigenvalue weighted by Crippen LogP contribution is 2.13. The van der Waals surface area contributed by atoms with Gasteiger partial charge in [-0.05, 0) is 17.7 Å². The van der Waals surface area contributed by atoms with Crippen molar-refractivity contribution in [3.63, 3.8) is 0 Å². The smallest absolute Gasteiger partial charge is 0.221 e. The molecule has 0 aliphatic heterocycles. The van der Waals surface area contributed by atoms with Gasteiger partial charge in [0.25, 0.3) is 0 Å². The van der Waals surface area contributed by atoms with E-state index in [-0.39, 0.29) is 0 Å². The summed E-state index contributed by atoms with van der Waals surface area (Å²) in [6.07, 6.45) is 1.71. The summed E-state index contributed by atoms with van der Waals surface area (Å²) in [5.74, 6) is 0. The third-order valence-electron chi connectivity index (χ3n) is 1.36. The summed E-state index contributed by atoms with van der Waals surface area (Å²) in [5, 5.41) is 0. The molecule has 1 rings (SSSR count). The first kappa shape index (κ1) is 8.43. The molecule has 0 saturated carbocycles. The molecule has 0 saturated heterocycles. The highest BCUT2D eigenvalue weighted by atomic mass is 79.9. The molecule has 0 aliphatic carbocycles. The molecule has 0 aliphatic rings. The summed E-state index contributed by atoms with van der Waals surface area (Å²) in [4.78, 5) is 10.1. The van der Waals surface area contributed by atoms with Crippen molar-refractivity contribution in [1.82, 2.24) is 0 Å². The summed E-state index contributed by atoms with van der Waals surface area (Å²) < 4.78 is 0.972. The molecule has 0 spiro atoms. The van der Waals surface area contributed by atoms with E-state index in [4.69, 9.17) is 5.73 Å². The zero-order valence-electron chi connectivity index (χ0n) is 5.75. The summed E-state index contributed by atoms with van der Waals surface area (Å²) in [6, 6.07) is 6.64. The van der Waals surface area contributed by atoms with E-state index in [0.29, 0.717) is 0 Å². The van der Waals surface area contributed by atoms with Crippen LogP contribution < -0.4 is 5.73 Å². The molecule has 0 bridgehead atoms. The van der Waals surface area contributed by atoms with Gasteiger partial charge >= 0.3 is 0 Å². The Balaban J connectivity index is 2.89. The molecule has 3 heteroatoms. The van der Waals surface area contributed by atoms with Crippen molar-refractivity contribution in [3.05, 3.63) is 34.3 Å². The Morgan fingerprint density at radius 2 is 1.91 bits per heavy atom. The van der Waals surface area contributed by atoms with Gasteiger partial charge in [-0.1, -0.05) is 28.1 Å². The van der Waals surface area contributed by atoms with Crippen LogP contribution in [-0.2, 0) is 4.79 Å². The Morgan fingerprint density at radius 1 is 1.36 bits per heavy atom. The minimum absolute atomic E-state index is 0.622. The van der Waals surface area contributed by atoms with Crippen LogP contribution in [-0.4, -0.2) is 6.29 Å². The van der Waals surface area contributed by atoms with Crippen LogP contribution in [0.5, 0.6) is 0 Å². The van der Waals surface area contributed by atoms with Gasteiger partial charge in [-0.3, -0.25) is 4.79 Å². The van der Waals surface area contributed by atoms with Crippen molar-refractivity contribution in [3.8, 4) is 0 Å². The highest BCUT2D eigenvalue weighted by Gasteiger charge is 2.02. The fraction of sp³-hybridized carbons (Fsp3) is 0.125. The Labute approximate surface area is 73.5 Å². The van der Waals surface area contributed by atoms with Gasteiger partial charge in [-0.2, -0.15) is 0 Å². The number of halogens is 1. The number of benzene rings is 1. The van der Waals surface area contributed by atoms with E-state index in [1.165, 1.54) is 0 Å². The van der Waals surface area contributed by atoms with Crippen LogP contribution in [0.2, 0.25) is 0 Å². The zero-order valence-corrected chi connectivity index (χ0v) is 7.34. The maximum Gasteiger partial charge on any atom is 0.221 e. The third kappa shape index (κ3) is 2.13. The Kier molecular flexibility index (Phi) is 2.79. The van der Waals surface area contributed by atoms with Crippen LogP contribution in [0.15, 0.2) is 28.7 Å². The quantitative estimate of drug-likeness (QED) is 0.809. The summed E-state index contributed by atoms with van der Waals surface area (Å²) in [6.45, 7) is 0. The third-order valence-corrected chi connectivity index (χ3v) is 1.88. The summed E-state index contributed by atoms with van der Waals surface area (Å²) >= 11 is 3.28. The standard InChI is InChI=1S/C8H7BrNO/c9-7-3-1-6(2-4-7)8(10)5-11/h1-4,8H,10H2. The SMILES string of the molecule is NC([C]=O)c1ccc(Br)cc1. The van der Waals surface area contributed by atoms with Crippen LogP contribution in [0.3, 0.4) is 0 Å². The van der Waals surface area contributed by atoms with Gasteiger partial charge in [0.1, 0.15) is 0 Å². The number of carbonyl (C=O) groups excluding carboxylic acids is 1. The lowest BCUT2D eigenvalue weighted by molar-refractivity contribution is 0.544. The molecule has 0 aromatic heterocycles. The van der Waals surface area contributed by atoms with Gasteiger partial charge in [0, 0.05) is 4.47 Å². The molecule has 1 aromatic rings. The minimum Gasteiger partial charge on any atom is -0.317 e. The first-order chi connectivity index (χ1) is 5.24. The molecule has 11 heavy (non-hydrogen) atoms. The van der Waals surface area contributed by atoms with E-state index >= 15 is 0 Å². The summed E-state index contributed by atoms with van der Waals surface area (Å²) in [7, 11) is 0. The molecule has 57 valence electrons. The lowest BCUT2D eigenvalue weighted by atomic mass is 10.1. The fourth-order valence-electron chi connectivity index (χ4n) is 0.738. The lowest BCUT2D eigenvalue weighted by Crippen LogP contribution is -2.10. The van der Waals surface area contributed by atoms with Gasteiger partial charge in [0.05, 0.1) is 6.04 Å². The van der Waals surface area contributed by atoms with Crippen molar-refractivity contribution < 1.29 is 4.79 Å². The van der Waals surface area contributed by atoms with Crippen LogP contribution in [0.25, 0.3) is 0 Å². The van der Waals surface area contributed by atoms with Gasteiger partial charge in [-0.25, -0.2) is 0 Å². The topological polar surface area (TPSA) is 43.1 Å². The van der Waals surface area contributed by atoms with Crippen molar-refractivity contribution in [2.24, 2.45) is 5.73 Å². The van der Waals surface area contributed by atoms with E-state index in [1.54, 1.807) is 18.4 Å². The molecule has 2 nitrogen and oxygen atoms in total. The molecule has 2 N–H and O–H groups in total. The first-order valence-corrected chi connectivity index (χ1v) is 3.92. The molecule has 0 fully saturated rings. The number of hydrogen-bond donors (Lipinski definition) is 1. The van der Waals surface area contributed by atoms with Crippen LogP contribution in [0, 0.1) is 0 Å². The van der Waals surface area contributed by atoms with E-state index < -0.39 is 6.04 Å². The van der Waals surface area contributed by atoms with E-state index in [9.17, 15) is 4.79 Å². The molecule has 0 amide bonds. The summed E-state index contributed by atoms with van der Waals surface area (Å²) in [5.41, 5.74) is 6.19. The van der Waals surface area contributed by atoms with Gasteiger partial charge in [0.2, 0.25) is 6.29 Å². The van der Waals surface area contributed by atoms with Crippen molar-refractivity contribution in [2.75, 3.05) is 0 Å². The maximum atomic E-state index is 10.1. The monoisotopic (exact) mass is 212 g/mol. The predicted molar refractivity (Wildman–Crippen MR) is 46.8 cm³/mol. The van der Waals surface area contributed by atoms with E-state index in [0.717, 1.165) is 10.0 Å². The normalized spacial score (nSPS) is 12.5. The second kappa shape index (κ2) is 3.64. The fourth-order valence-corrected chi connectivity index (χ4v) is 1.00. The Bertz CT molecular complexity index is 245. The predicted octanol–water partition coefficient (Wildman–Crippen LogP) is 1.56. The number of nitrogens with two attached hydrogens (primary N) is 1. The molecule has 1 unspecified atom stereocenters. The van der Waals surface area contributed by atoms with Gasteiger partial charge < -0.3 is 5.73 Å². The molecule has 1 atom stereocenters. The number of rotatable bonds is 2. The second-order valence-corrected chi connectivity index (χ2v) is 3.06. The highest BCUT2D eigenvalue weighted by molar-refractivity contribution is 9.10. The van der Waals surface area contributed by atoms with Crippen LogP contribution in [0.4, 0.5) is 0 Å². The molecule has 1 aromatic carbocycles. The minimum atomic E-state index is -0.622. The largest absolute Gasteiger partial charge is 0.317 e. The average Bonchev–Trinajstić information content (AvgIpc) is 2.05. The Hall–Kier alpha value is -0.670. The van der Waals surface area contributed by atoms with Crippen molar-refractivity contribution >= 4 is 22.2 Å². The van der Waals surface area contributed by atoms with Crippen molar-refractivity contribution in [2.45, 2.75) is 6.04 Å². The average molecular weight is 213 g/mol. The lowest BCUT2D eigenvalue weighted by Gasteiger charge is -2.01.